The predicted octanol–water partition coefficient (Wildman–Crippen LogP) is 0.600. The fourth-order valence-electron chi connectivity index (χ4n) is 1.05. The molecule has 0 aliphatic rings. The lowest BCUT2D eigenvalue weighted by Gasteiger charge is -2.20. The molecule has 0 fully saturated rings. The molecule has 0 aromatic rings. The zero-order valence-corrected chi connectivity index (χ0v) is 9.43. The summed E-state index contributed by atoms with van der Waals surface area (Å²) in [6, 6.07) is 0. The second kappa shape index (κ2) is 7.62. The van der Waals surface area contributed by atoms with Crippen LogP contribution in [0.5, 0.6) is 0 Å². The first-order valence-corrected chi connectivity index (χ1v) is 5.23. The van der Waals surface area contributed by atoms with Crippen molar-refractivity contribution in [2.75, 3.05) is 26.0 Å². The lowest BCUT2D eigenvalue weighted by molar-refractivity contribution is -0.135. The van der Waals surface area contributed by atoms with Crippen LogP contribution in [-0.2, 0) is 9.59 Å². The van der Waals surface area contributed by atoms with Gasteiger partial charge in [-0.3, -0.25) is 9.59 Å². The molecular weight excluding hydrogens is 204 g/mol. The Balaban J connectivity index is 4.13. The number of halogens is 1. The summed E-state index contributed by atoms with van der Waals surface area (Å²) in [4.78, 5) is 24.0. The highest BCUT2D eigenvalue weighted by Crippen LogP contribution is 1.97. The number of hydrogen-bond donors (Lipinski definition) is 1. The van der Waals surface area contributed by atoms with Crippen LogP contribution in [0.15, 0.2) is 0 Å². The number of carbonyl (C=O) groups excluding carboxylic acids is 2. The van der Waals surface area contributed by atoms with E-state index in [9.17, 15) is 9.59 Å². The SMILES string of the molecule is CCCN(CC(=O)NC)C(=O)CCCl. The van der Waals surface area contributed by atoms with Crippen molar-refractivity contribution in [1.82, 2.24) is 10.2 Å². The van der Waals surface area contributed by atoms with E-state index in [0.29, 0.717) is 18.8 Å². The van der Waals surface area contributed by atoms with Crippen LogP contribution in [0.2, 0.25) is 0 Å². The molecule has 0 aliphatic heterocycles. The molecule has 0 aromatic heterocycles. The average Bonchev–Trinajstić information content (AvgIpc) is 2.17. The largest absolute Gasteiger partial charge is 0.358 e. The third-order valence-corrected chi connectivity index (χ3v) is 1.96. The van der Waals surface area contributed by atoms with E-state index in [-0.39, 0.29) is 18.4 Å². The summed E-state index contributed by atoms with van der Waals surface area (Å²) in [6.07, 6.45) is 1.13. The van der Waals surface area contributed by atoms with E-state index in [1.165, 1.54) is 4.90 Å². The van der Waals surface area contributed by atoms with Gasteiger partial charge in [-0.2, -0.15) is 0 Å². The highest BCUT2D eigenvalue weighted by molar-refractivity contribution is 6.18. The van der Waals surface area contributed by atoms with Crippen LogP contribution in [0, 0.1) is 0 Å². The monoisotopic (exact) mass is 220 g/mol. The molecule has 2 amide bonds. The van der Waals surface area contributed by atoms with Gasteiger partial charge in [0, 0.05) is 25.9 Å². The number of likely N-dealkylation sites (N-methyl/N-ethyl adjacent to an activating group) is 1. The summed E-state index contributed by atoms with van der Waals surface area (Å²) in [7, 11) is 1.55. The molecule has 0 spiro atoms. The summed E-state index contributed by atoms with van der Waals surface area (Å²) in [5, 5.41) is 2.49. The van der Waals surface area contributed by atoms with E-state index in [1.54, 1.807) is 7.05 Å². The Morgan fingerprint density at radius 3 is 2.50 bits per heavy atom. The first kappa shape index (κ1) is 13.2. The van der Waals surface area contributed by atoms with Gasteiger partial charge < -0.3 is 10.2 Å². The molecular formula is C9H17ClN2O2. The predicted molar refractivity (Wildman–Crippen MR) is 56.3 cm³/mol. The Morgan fingerprint density at radius 1 is 1.43 bits per heavy atom. The molecule has 1 N–H and O–H groups in total. The molecule has 0 radical (unpaired) electrons. The van der Waals surface area contributed by atoms with Gasteiger partial charge in [0.15, 0.2) is 0 Å². The van der Waals surface area contributed by atoms with Crippen LogP contribution >= 0.6 is 11.6 Å². The smallest absolute Gasteiger partial charge is 0.239 e. The Hall–Kier alpha value is -0.770. The topological polar surface area (TPSA) is 49.4 Å². The summed E-state index contributed by atoms with van der Waals surface area (Å²) in [5.41, 5.74) is 0. The first-order chi connectivity index (χ1) is 6.65. The number of rotatable bonds is 6. The summed E-state index contributed by atoms with van der Waals surface area (Å²) >= 11 is 5.46. The minimum Gasteiger partial charge on any atom is -0.358 e. The van der Waals surface area contributed by atoms with Crippen LogP contribution in [0.3, 0.4) is 0 Å². The van der Waals surface area contributed by atoms with E-state index >= 15 is 0 Å². The Morgan fingerprint density at radius 2 is 2.07 bits per heavy atom. The molecule has 0 heterocycles. The summed E-state index contributed by atoms with van der Waals surface area (Å²) < 4.78 is 0. The van der Waals surface area contributed by atoms with Crippen LogP contribution in [0.1, 0.15) is 19.8 Å². The van der Waals surface area contributed by atoms with E-state index in [4.69, 9.17) is 11.6 Å². The second-order valence-corrected chi connectivity index (χ2v) is 3.31. The van der Waals surface area contributed by atoms with Crippen LogP contribution in [0.4, 0.5) is 0 Å². The van der Waals surface area contributed by atoms with E-state index in [1.807, 2.05) is 6.92 Å². The van der Waals surface area contributed by atoms with Crippen molar-refractivity contribution in [1.29, 1.82) is 0 Å². The van der Waals surface area contributed by atoms with Gasteiger partial charge in [0.1, 0.15) is 0 Å². The normalized spacial score (nSPS) is 9.64. The van der Waals surface area contributed by atoms with Gasteiger partial charge in [-0.1, -0.05) is 6.92 Å². The number of nitrogens with one attached hydrogen (secondary N) is 1. The molecule has 4 nitrogen and oxygen atoms in total. The zero-order valence-electron chi connectivity index (χ0n) is 8.68. The lowest BCUT2D eigenvalue weighted by atomic mass is 10.3. The van der Waals surface area contributed by atoms with Crippen LogP contribution in [0.25, 0.3) is 0 Å². The quantitative estimate of drug-likeness (QED) is 0.667. The maximum absolute atomic E-state index is 11.4. The van der Waals surface area contributed by atoms with E-state index in [2.05, 4.69) is 5.32 Å². The minimum atomic E-state index is -0.152. The molecule has 82 valence electrons. The average molecular weight is 221 g/mol. The van der Waals surface area contributed by atoms with Gasteiger partial charge in [-0.25, -0.2) is 0 Å². The number of nitrogens with zero attached hydrogens (tertiary/aromatic N) is 1. The molecule has 0 rings (SSSR count). The molecule has 0 saturated carbocycles. The maximum atomic E-state index is 11.4. The van der Waals surface area contributed by atoms with Crippen molar-refractivity contribution in [2.45, 2.75) is 19.8 Å². The molecule has 0 aromatic carbocycles. The highest BCUT2D eigenvalue weighted by Gasteiger charge is 2.14. The molecule has 0 bridgehead atoms. The van der Waals surface area contributed by atoms with Crippen molar-refractivity contribution in [3.05, 3.63) is 0 Å². The fraction of sp³-hybridized carbons (Fsp3) is 0.778. The Labute approximate surface area is 89.6 Å². The van der Waals surface area contributed by atoms with Gasteiger partial charge in [0.05, 0.1) is 6.54 Å². The standard InChI is InChI=1S/C9H17ClN2O2/c1-3-6-12(7-8(13)11-2)9(14)4-5-10/h3-7H2,1-2H3,(H,11,13). The fourth-order valence-corrected chi connectivity index (χ4v) is 1.21. The van der Waals surface area contributed by atoms with Crippen molar-refractivity contribution in [3.63, 3.8) is 0 Å². The second-order valence-electron chi connectivity index (χ2n) is 2.93. The van der Waals surface area contributed by atoms with Gasteiger partial charge in [0.2, 0.25) is 11.8 Å². The van der Waals surface area contributed by atoms with Crippen molar-refractivity contribution >= 4 is 23.4 Å². The molecule has 0 aliphatic carbocycles. The Kier molecular flexibility index (Phi) is 7.20. The number of hydrogen-bond acceptors (Lipinski definition) is 2. The minimum absolute atomic E-state index is 0.0644. The molecule has 0 unspecified atom stereocenters. The van der Waals surface area contributed by atoms with Crippen LogP contribution < -0.4 is 5.32 Å². The Bertz CT molecular complexity index is 197. The van der Waals surface area contributed by atoms with Crippen molar-refractivity contribution < 1.29 is 9.59 Å². The van der Waals surface area contributed by atoms with E-state index in [0.717, 1.165) is 6.42 Å². The summed E-state index contributed by atoms with van der Waals surface area (Å²) in [6.45, 7) is 2.69. The lowest BCUT2D eigenvalue weighted by Crippen LogP contribution is -2.40. The van der Waals surface area contributed by atoms with Gasteiger partial charge in [0.25, 0.3) is 0 Å². The number of carbonyl (C=O) groups is 2. The van der Waals surface area contributed by atoms with Crippen molar-refractivity contribution in [3.8, 4) is 0 Å². The highest BCUT2D eigenvalue weighted by atomic mass is 35.5. The van der Waals surface area contributed by atoms with Gasteiger partial charge >= 0.3 is 0 Å². The zero-order chi connectivity index (χ0) is 11.0. The van der Waals surface area contributed by atoms with E-state index < -0.39 is 0 Å². The maximum Gasteiger partial charge on any atom is 0.239 e. The third-order valence-electron chi connectivity index (χ3n) is 1.77. The summed E-state index contributed by atoms with van der Waals surface area (Å²) in [5.74, 6) is 0.0825. The van der Waals surface area contributed by atoms with Gasteiger partial charge in [-0.15, -0.1) is 11.6 Å². The molecule has 14 heavy (non-hydrogen) atoms. The third kappa shape index (κ3) is 5.07. The first-order valence-electron chi connectivity index (χ1n) is 4.70. The van der Waals surface area contributed by atoms with Crippen molar-refractivity contribution in [2.24, 2.45) is 0 Å². The van der Waals surface area contributed by atoms with Crippen LogP contribution in [-0.4, -0.2) is 42.7 Å². The molecule has 5 heteroatoms. The molecule has 0 atom stereocenters. The molecule has 0 saturated heterocycles. The number of amides is 2. The number of alkyl halides is 1. The van der Waals surface area contributed by atoms with Gasteiger partial charge in [-0.05, 0) is 6.42 Å².